The minimum Gasteiger partial charge on any atom is -0.481 e. The van der Waals surface area contributed by atoms with E-state index in [1.165, 1.54) is 11.2 Å². The average molecular weight is 325 g/mol. The van der Waals surface area contributed by atoms with Gasteiger partial charge in [-0.15, -0.1) is 0 Å². The molecule has 2 aromatic rings. The van der Waals surface area contributed by atoms with Crippen LogP contribution in [0.15, 0.2) is 60.4 Å². The van der Waals surface area contributed by atoms with E-state index in [2.05, 4.69) is 0 Å². The molecule has 7 nitrogen and oxygen atoms in total. The number of hydrogen-bond acceptors (Lipinski definition) is 6. The molecule has 124 valence electrons. The molecule has 2 aromatic carbocycles. The fourth-order valence-corrected chi connectivity index (χ4v) is 2.13. The van der Waals surface area contributed by atoms with E-state index < -0.39 is 5.97 Å². The highest BCUT2D eigenvalue weighted by Crippen LogP contribution is 2.16. The Hall–Kier alpha value is -3.32. The van der Waals surface area contributed by atoms with Gasteiger partial charge in [-0.05, 0) is 23.8 Å². The van der Waals surface area contributed by atoms with Gasteiger partial charge in [-0.25, -0.2) is 5.84 Å². The van der Waals surface area contributed by atoms with Gasteiger partial charge in [0.15, 0.2) is 0 Å². The van der Waals surface area contributed by atoms with Gasteiger partial charge in [-0.2, -0.15) is 0 Å². The van der Waals surface area contributed by atoms with Crippen molar-refractivity contribution in [2.75, 3.05) is 10.7 Å². The summed E-state index contributed by atoms with van der Waals surface area (Å²) in [4.78, 5) is 10.7. The van der Waals surface area contributed by atoms with E-state index in [-0.39, 0.29) is 17.8 Å². The van der Waals surface area contributed by atoms with Gasteiger partial charge < -0.3 is 16.6 Å². The van der Waals surface area contributed by atoms with Crippen LogP contribution in [0.1, 0.15) is 11.1 Å². The van der Waals surface area contributed by atoms with Crippen molar-refractivity contribution in [2.24, 2.45) is 11.6 Å². The Morgan fingerprint density at radius 1 is 1.17 bits per heavy atom. The highest BCUT2D eigenvalue weighted by atomic mass is 16.4. The Morgan fingerprint density at radius 3 is 2.38 bits per heavy atom. The van der Waals surface area contributed by atoms with Gasteiger partial charge in [-0.3, -0.25) is 15.2 Å². The number of para-hydroxylation sites is 1. The first-order valence-corrected chi connectivity index (χ1v) is 7.14. The fraction of sp³-hybridized carbons (Fsp3) is 0.0588. The molecule has 0 bridgehead atoms. The van der Waals surface area contributed by atoms with Crippen LogP contribution in [0.5, 0.6) is 0 Å². The Morgan fingerprint density at radius 2 is 1.79 bits per heavy atom. The number of benzene rings is 2. The summed E-state index contributed by atoms with van der Waals surface area (Å²) in [6.45, 7) is 0. The second-order valence-corrected chi connectivity index (χ2v) is 5.19. The lowest BCUT2D eigenvalue weighted by molar-refractivity contribution is -0.136. The first-order chi connectivity index (χ1) is 11.4. The molecule has 0 unspecified atom stereocenters. The van der Waals surface area contributed by atoms with E-state index >= 15 is 0 Å². The summed E-state index contributed by atoms with van der Waals surface area (Å²) in [5.74, 6) is 5.04. The van der Waals surface area contributed by atoms with E-state index in [0.717, 1.165) is 0 Å². The molecule has 0 atom stereocenters. The predicted molar refractivity (Wildman–Crippen MR) is 94.4 cm³/mol. The number of nitrogen functional groups attached to an aromatic ring is 1. The van der Waals surface area contributed by atoms with Gasteiger partial charge in [0.2, 0.25) is 0 Å². The van der Waals surface area contributed by atoms with Gasteiger partial charge in [0.1, 0.15) is 0 Å². The second-order valence-electron chi connectivity index (χ2n) is 5.19. The monoisotopic (exact) mass is 325 g/mol. The summed E-state index contributed by atoms with van der Waals surface area (Å²) in [6, 6.07) is 13.7. The normalized spacial score (nSPS) is 11.1. The number of anilines is 2. The molecule has 8 N–H and O–H groups in total. The van der Waals surface area contributed by atoms with Crippen LogP contribution in [0.2, 0.25) is 0 Å². The van der Waals surface area contributed by atoms with Crippen molar-refractivity contribution < 1.29 is 9.90 Å². The van der Waals surface area contributed by atoms with E-state index in [0.29, 0.717) is 22.5 Å². The molecule has 0 radical (unpaired) electrons. The van der Waals surface area contributed by atoms with E-state index in [4.69, 9.17) is 27.8 Å². The summed E-state index contributed by atoms with van der Waals surface area (Å²) in [7, 11) is 0. The van der Waals surface area contributed by atoms with Crippen molar-refractivity contribution in [3.8, 4) is 0 Å². The maximum atomic E-state index is 10.7. The van der Waals surface area contributed by atoms with Gasteiger partial charge in [0, 0.05) is 17.5 Å². The van der Waals surface area contributed by atoms with Crippen molar-refractivity contribution in [1.82, 2.24) is 0 Å². The van der Waals surface area contributed by atoms with Crippen LogP contribution in [0.3, 0.4) is 0 Å². The third-order valence-electron chi connectivity index (χ3n) is 3.39. The quantitative estimate of drug-likeness (QED) is 0.235. The van der Waals surface area contributed by atoms with Crippen molar-refractivity contribution in [1.29, 1.82) is 5.41 Å². The first-order valence-electron chi connectivity index (χ1n) is 7.14. The molecule has 0 aliphatic carbocycles. The Balaban J connectivity index is 2.16. The van der Waals surface area contributed by atoms with Crippen LogP contribution in [-0.2, 0) is 11.2 Å². The number of aliphatic carboxylic acids is 1. The van der Waals surface area contributed by atoms with Crippen LogP contribution in [0.25, 0.3) is 0 Å². The predicted octanol–water partition coefficient (Wildman–Crippen LogP) is 1.44. The minimum atomic E-state index is -0.898. The molecule has 0 fully saturated rings. The number of carboxylic acid groups (broad SMARTS) is 1. The number of nitrogens with one attached hydrogen (secondary N) is 1. The molecule has 0 amide bonds. The summed E-state index contributed by atoms with van der Waals surface area (Å²) in [6.07, 6.45) is 1.36. The van der Waals surface area contributed by atoms with Crippen LogP contribution in [0, 0.1) is 5.41 Å². The zero-order valence-electron chi connectivity index (χ0n) is 12.9. The standard InChI is InChI=1S/C17H19N5O2/c18-14-4-2-1-3-13(14)17(20)15(19)10-22(21)12-7-5-11(6-8-12)9-16(23)24/h1-8,10,20H,9,18-19,21H2,(H,23,24)/b15-10-,20-17?. The summed E-state index contributed by atoms with van der Waals surface area (Å²) in [5.41, 5.74) is 14.3. The molecule has 0 aliphatic heterocycles. The van der Waals surface area contributed by atoms with E-state index in [1.54, 1.807) is 48.5 Å². The zero-order valence-corrected chi connectivity index (χ0v) is 12.9. The molecule has 7 heteroatoms. The van der Waals surface area contributed by atoms with Crippen molar-refractivity contribution >= 4 is 23.1 Å². The van der Waals surface area contributed by atoms with Crippen LogP contribution in [0.4, 0.5) is 11.4 Å². The minimum absolute atomic E-state index is 0.0548. The van der Waals surface area contributed by atoms with Gasteiger partial charge in [0.25, 0.3) is 0 Å². The smallest absolute Gasteiger partial charge is 0.307 e. The maximum Gasteiger partial charge on any atom is 0.307 e. The molecular weight excluding hydrogens is 306 g/mol. The Kier molecular flexibility index (Phi) is 5.18. The number of hydrazine groups is 1. The van der Waals surface area contributed by atoms with Gasteiger partial charge in [-0.1, -0.05) is 30.3 Å². The Bertz CT molecular complexity index is 784. The second kappa shape index (κ2) is 7.30. The van der Waals surface area contributed by atoms with Crippen molar-refractivity contribution in [3.05, 3.63) is 71.6 Å². The zero-order chi connectivity index (χ0) is 17.7. The maximum absolute atomic E-state index is 10.7. The summed E-state index contributed by atoms with van der Waals surface area (Å²) in [5, 5.41) is 18.2. The van der Waals surface area contributed by atoms with Crippen LogP contribution >= 0.6 is 0 Å². The molecule has 0 saturated carbocycles. The molecule has 24 heavy (non-hydrogen) atoms. The lowest BCUT2D eigenvalue weighted by Gasteiger charge is -2.16. The topological polar surface area (TPSA) is 142 Å². The number of carbonyl (C=O) groups is 1. The molecule has 0 spiro atoms. The largest absolute Gasteiger partial charge is 0.481 e. The number of hydrogen-bond donors (Lipinski definition) is 5. The lowest BCUT2D eigenvalue weighted by Crippen LogP contribution is -2.28. The SMILES string of the molecule is N=C(/C(N)=C/N(N)c1ccc(CC(=O)O)cc1)c1ccccc1N. The highest BCUT2D eigenvalue weighted by Gasteiger charge is 2.09. The number of nitrogens with two attached hydrogens (primary N) is 3. The van der Waals surface area contributed by atoms with Crippen molar-refractivity contribution in [3.63, 3.8) is 0 Å². The lowest BCUT2D eigenvalue weighted by atomic mass is 10.1. The van der Waals surface area contributed by atoms with Crippen LogP contribution < -0.4 is 22.3 Å². The van der Waals surface area contributed by atoms with Gasteiger partial charge in [0.05, 0.1) is 23.5 Å². The third kappa shape index (κ3) is 4.11. The van der Waals surface area contributed by atoms with E-state index in [1.807, 2.05) is 0 Å². The number of allylic oxidation sites excluding steroid dienone is 1. The number of rotatable bonds is 6. The highest BCUT2D eigenvalue weighted by molar-refractivity contribution is 6.13. The summed E-state index contributed by atoms with van der Waals surface area (Å²) < 4.78 is 0. The number of carboxylic acids is 1. The van der Waals surface area contributed by atoms with Crippen molar-refractivity contribution in [2.45, 2.75) is 6.42 Å². The third-order valence-corrected chi connectivity index (χ3v) is 3.39. The number of nitrogens with zero attached hydrogens (tertiary/aromatic N) is 1. The first kappa shape index (κ1) is 17.0. The fourth-order valence-electron chi connectivity index (χ4n) is 2.13. The molecule has 0 aliphatic rings. The molecule has 0 aromatic heterocycles. The molecule has 2 rings (SSSR count). The molecule has 0 saturated heterocycles. The molecular formula is C17H19N5O2. The van der Waals surface area contributed by atoms with Crippen LogP contribution in [-0.4, -0.2) is 16.8 Å². The van der Waals surface area contributed by atoms with E-state index in [9.17, 15) is 4.79 Å². The van der Waals surface area contributed by atoms with Gasteiger partial charge >= 0.3 is 5.97 Å². The molecule has 0 heterocycles. The average Bonchev–Trinajstić information content (AvgIpc) is 2.54. The summed E-state index contributed by atoms with van der Waals surface area (Å²) >= 11 is 0. The Labute approximate surface area is 139 Å².